The molecular weight excluding hydrogens is 325 g/mol. The van der Waals surface area contributed by atoms with E-state index in [-0.39, 0.29) is 11.4 Å². The third-order valence-electron chi connectivity index (χ3n) is 4.01. The van der Waals surface area contributed by atoms with Crippen LogP contribution in [-0.4, -0.2) is 33.1 Å². The third kappa shape index (κ3) is 4.28. The lowest BCUT2D eigenvalue weighted by Gasteiger charge is -2.17. The van der Waals surface area contributed by atoms with Crippen LogP contribution >= 0.6 is 0 Å². The second kappa shape index (κ2) is 7.69. The topological polar surface area (TPSA) is 88.9 Å². The summed E-state index contributed by atoms with van der Waals surface area (Å²) in [6.07, 6.45) is 9.74. The Morgan fingerprint density at radius 2 is 2.16 bits per heavy atom. The van der Waals surface area contributed by atoms with Crippen LogP contribution in [0.5, 0.6) is 0 Å². The number of rotatable bonds is 4. The van der Waals surface area contributed by atoms with E-state index in [9.17, 15) is 14.0 Å². The Balaban J connectivity index is 1.56. The molecule has 1 heterocycles. The molecule has 1 unspecified atom stereocenters. The lowest BCUT2D eigenvalue weighted by molar-refractivity contribution is -0.136. The van der Waals surface area contributed by atoms with Gasteiger partial charge in [-0.05, 0) is 43.4 Å². The van der Waals surface area contributed by atoms with E-state index < -0.39 is 17.6 Å². The minimum Gasteiger partial charge on any atom is -0.348 e. The van der Waals surface area contributed by atoms with E-state index >= 15 is 0 Å². The number of carbonyl (C=O) groups is 2. The van der Waals surface area contributed by atoms with Gasteiger partial charge in [-0.2, -0.15) is 5.10 Å². The van der Waals surface area contributed by atoms with Gasteiger partial charge in [0.15, 0.2) is 5.82 Å². The summed E-state index contributed by atoms with van der Waals surface area (Å²) in [5, 5.41) is 8.86. The number of hydrogen-bond donors (Lipinski definition) is 2. The SMILES string of the molecule is O=C(NCC1CC=CCC1)C(=O)Nc1ccc(-n2cncn2)c(F)c1. The summed E-state index contributed by atoms with van der Waals surface area (Å²) < 4.78 is 15.4. The Kier molecular flexibility index (Phi) is 5.17. The molecule has 0 spiro atoms. The van der Waals surface area contributed by atoms with E-state index in [1.54, 1.807) is 0 Å². The highest BCUT2D eigenvalue weighted by molar-refractivity contribution is 6.39. The van der Waals surface area contributed by atoms with Crippen LogP contribution in [-0.2, 0) is 9.59 Å². The van der Waals surface area contributed by atoms with Crippen LogP contribution in [0.2, 0.25) is 0 Å². The molecule has 1 aromatic heterocycles. The Labute approximate surface area is 143 Å². The number of amides is 2. The number of halogens is 1. The van der Waals surface area contributed by atoms with E-state index in [2.05, 4.69) is 32.9 Å². The molecular formula is C17H18FN5O2. The third-order valence-corrected chi connectivity index (χ3v) is 4.01. The monoisotopic (exact) mass is 343 g/mol. The van der Waals surface area contributed by atoms with Gasteiger partial charge in [0, 0.05) is 12.2 Å². The fraction of sp³-hybridized carbons (Fsp3) is 0.294. The van der Waals surface area contributed by atoms with E-state index in [0.29, 0.717) is 12.5 Å². The number of allylic oxidation sites excluding steroid dienone is 2. The first-order valence-corrected chi connectivity index (χ1v) is 8.02. The van der Waals surface area contributed by atoms with Crippen LogP contribution in [0.15, 0.2) is 43.0 Å². The molecule has 1 aromatic carbocycles. The Morgan fingerprint density at radius 1 is 1.28 bits per heavy atom. The van der Waals surface area contributed by atoms with Crippen molar-refractivity contribution in [2.45, 2.75) is 19.3 Å². The fourth-order valence-electron chi connectivity index (χ4n) is 2.65. The predicted molar refractivity (Wildman–Crippen MR) is 89.4 cm³/mol. The Hall–Kier alpha value is -3.03. The highest BCUT2D eigenvalue weighted by atomic mass is 19.1. The van der Waals surface area contributed by atoms with E-state index in [1.165, 1.54) is 29.5 Å². The molecule has 3 rings (SSSR count). The summed E-state index contributed by atoms with van der Waals surface area (Å²) >= 11 is 0. The van der Waals surface area contributed by atoms with Gasteiger partial charge in [0.25, 0.3) is 0 Å². The molecule has 2 N–H and O–H groups in total. The average Bonchev–Trinajstić information content (AvgIpc) is 3.15. The van der Waals surface area contributed by atoms with Gasteiger partial charge in [-0.1, -0.05) is 12.2 Å². The van der Waals surface area contributed by atoms with Crippen LogP contribution in [0.3, 0.4) is 0 Å². The van der Waals surface area contributed by atoms with Crippen LogP contribution in [0.25, 0.3) is 5.69 Å². The van der Waals surface area contributed by atoms with E-state index in [4.69, 9.17) is 0 Å². The second-order valence-corrected chi connectivity index (χ2v) is 5.82. The highest BCUT2D eigenvalue weighted by Gasteiger charge is 2.17. The van der Waals surface area contributed by atoms with Crippen LogP contribution in [0.4, 0.5) is 10.1 Å². The van der Waals surface area contributed by atoms with Gasteiger partial charge in [-0.25, -0.2) is 14.1 Å². The minimum absolute atomic E-state index is 0.196. The number of hydrogen-bond acceptors (Lipinski definition) is 4. The van der Waals surface area contributed by atoms with Gasteiger partial charge in [0.1, 0.15) is 18.3 Å². The fourth-order valence-corrected chi connectivity index (χ4v) is 2.65. The molecule has 2 aromatic rings. The summed E-state index contributed by atoms with van der Waals surface area (Å²) in [7, 11) is 0. The molecule has 0 saturated heterocycles. The van der Waals surface area contributed by atoms with Crippen molar-refractivity contribution in [1.29, 1.82) is 0 Å². The van der Waals surface area contributed by atoms with Crippen molar-refractivity contribution in [2.75, 3.05) is 11.9 Å². The lowest BCUT2D eigenvalue weighted by atomic mass is 9.94. The maximum atomic E-state index is 14.1. The van der Waals surface area contributed by atoms with Crippen molar-refractivity contribution in [2.24, 2.45) is 5.92 Å². The Morgan fingerprint density at radius 3 is 2.84 bits per heavy atom. The van der Waals surface area contributed by atoms with Crippen molar-refractivity contribution in [3.63, 3.8) is 0 Å². The molecule has 7 nitrogen and oxygen atoms in total. The molecule has 0 fully saturated rings. The average molecular weight is 343 g/mol. The van der Waals surface area contributed by atoms with Crippen molar-refractivity contribution in [1.82, 2.24) is 20.1 Å². The van der Waals surface area contributed by atoms with Crippen molar-refractivity contribution < 1.29 is 14.0 Å². The normalized spacial score (nSPS) is 16.4. The maximum absolute atomic E-state index is 14.1. The van der Waals surface area contributed by atoms with Crippen molar-refractivity contribution in [3.8, 4) is 5.69 Å². The Bertz CT molecular complexity index is 788. The summed E-state index contributed by atoms with van der Waals surface area (Å²) in [6, 6.07) is 4.08. The van der Waals surface area contributed by atoms with E-state index in [1.807, 2.05) is 0 Å². The van der Waals surface area contributed by atoms with Gasteiger partial charge in [-0.15, -0.1) is 0 Å². The summed E-state index contributed by atoms with van der Waals surface area (Å²) in [5.41, 5.74) is 0.396. The number of aromatic nitrogens is 3. The number of nitrogens with one attached hydrogen (secondary N) is 2. The first-order valence-electron chi connectivity index (χ1n) is 8.02. The lowest BCUT2D eigenvalue weighted by Crippen LogP contribution is -2.38. The van der Waals surface area contributed by atoms with Crippen LogP contribution in [0, 0.1) is 11.7 Å². The largest absolute Gasteiger partial charge is 0.348 e. The van der Waals surface area contributed by atoms with Gasteiger partial charge < -0.3 is 10.6 Å². The molecule has 2 amide bonds. The molecule has 0 aliphatic heterocycles. The van der Waals surface area contributed by atoms with Gasteiger partial charge in [0.2, 0.25) is 0 Å². The molecule has 0 saturated carbocycles. The molecule has 1 aliphatic rings. The number of benzene rings is 1. The van der Waals surface area contributed by atoms with Gasteiger partial charge in [0.05, 0.1) is 0 Å². The zero-order valence-electron chi connectivity index (χ0n) is 13.5. The zero-order valence-corrected chi connectivity index (χ0v) is 13.5. The van der Waals surface area contributed by atoms with Crippen LogP contribution in [0.1, 0.15) is 19.3 Å². The quantitative estimate of drug-likeness (QED) is 0.655. The first-order chi connectivity index (χ1) is 12.1. The molecule has 130 valence electrons. The van der Waals surface area contributed by atoms with Gasteiger partial charge >= 0.3 is 11.8 Å². The minimum atomic E-state index is -0.820. The zero-order chi connectivity index (χ0) is 17.6. The van der Waals surface area contributed by atoms with E-state index in [0.717, 1.165) is 25.3 Å². The summed E-state index contributed by atoms with van der Waals surface area (Å²) in [6.45, 7) is 0.455. The van der Waals surface area contributed by atoms with Crippen LogP contribution < -0.4 is 10.6 Å². The number of nitrogens with zero attached hydrogens (tertiary/aromatic N) is 3. The maximum Gasteiger partial charge on any atom is 0.313 e. The molecule has 0 radical (unpaired) electrons. The predicted octanol–water partition coefficient (Wildman–Crippen LogP) is 1.82. The second-order valence-electron chi connectivity index (χ2n) is 5.82. The number of anilines is 1. The first kappa shape index (κ1) is 16.8. The summed E-state index contributed by atoms with van der Waals surface area (Å²) in [4.78, 5) is 27.5. The number of carbonyl (C=O) groups excluding carboxylic acids is 2. The molecule has 1 atom stereocenters. The standard InChI is InChI=1S/C17H18FN5O2/c18-14-8-13(6-7-15(14)23-11-19-10-21-23)22-17(25)16(24)20-9-12-4-2-1-3-5-12/h1-2,6-8,10-12H,3-5,9H2,(H,20,24)(H,22,25). The molecule has 0 bridgehead atoms. The van der Waals surface area contributed by atoms with Crippen molar-refractivity contribution >= 4 is 17.5 Å². The molecule has 25 heavy (non-hydrogen) atoms. The highest BCUT2D eigenvalue weighted by Crippen LogP contribution is 2.18. The smallest absolute Gasteiger partial charge is 0.313 e. The van der Waals surface area contributed by atoms with Crippen molar-refractivity contribution in [3.05, 3.63) is 48.8 Å². The molecule has 8 heteroatoms. The summed E-state index contributed by atoms with van der Waals surface area (Å²) in [5.74, 6) is -1.78. The van der Waals surface area contributed by atoms with Gasteiger partial charge in [-0.3, -0.25) is 9.59 Å². The molecule has 1 aliphatic carbocycles.